The second-order valence-corrected chi connectivity index (χ2v) is 11.0. The molecule has 0 aliphatic rings. The van der Waals surface area contributed by atoms with Gasteiger partial charge in [-0.05, 0) is 23.5 Å². The monoisotopic (exact) mass is 524 g/mol. The third kappa shape index (κ3) is 11.4. The summed E-state index contributed by atoms with van der Waals surface area (Å²) in [6, 6.07) is 18.8. The number of hydrogen-bond acceptors (Lipinski definition) is 6. The van der Waals surface area contributed by atoms with Crippen LogP contribution in [0.25, 0.3) is 0 Å². The number of carbonyl (C=O) groups excluding carboxylic acids is 3. The van der Waals surface area contributed by atoms with Gasteiger partial charge in [0.1, 0.15) is 18.7 Å². The van der Waals surface area contributed by atoms with Crippen LogP contribution in [0, 0.1) is 17.2 Å². The number of nitrogens with one attached hydrogen (secondary N) is 3. The molecule has 0 saturated heterocycles. The van der Waals surface area contributed by atoms with Gasteiger partial charge in [0.15, 0.2) is 5.37 Å². The van der Waals surface area contributed by atoms with Gasteiger partial charge in [-0.3, -0.25) is 9.59 Å². The maximum atomic E-state index is 13.3. The van der Waals surface area contributed by atoms with Crippen molar-refractivity contribution >= 4 is 29.7 Å². The van der Waals surface area contributed by atoms with E-state index in [9.17, 15) is 19.6 Å². The smallest absolute Gasteiger partial charge is 0.408 e. The average molecular weight is 525 g/mol. The molecule has 9 heteroatoms. The van der Waals surface area contributed by atoms with E-state index in [1.807, 2.05) is 88.4 Å². The molecule has 198 valence electrons. The Morgan fingerprint density at radius 3 is 1.95 bits per heavy atom. The number of ether oxygens (including phenoxy) is 1. The minimum Gasteiger partial charge on any atom is -0.445 e. The van der Waals surface area contributed by atoms with Crippen LogP contribution in [-0.2, 0) is 27.4 Å². The first-order chi connectivity index (χ1) is 17.7. The summed E-state index contributed by atoms with van der Waals surface area (Å²) in [6.45, 7) is 7.82. The molecule has 0 spiro atoms. The van der Waals surface area contributed by atoms with Gasteiger partial charge in [0.25, 0.3) is 0 Å². The Morgan fingerprint density at radius 2 is 1.41 bits per heavy atom. The molecule has 0 aliphatic heterocycles. The number of benzene rings is 2. The van der Waals surface area contributed by atoms with Crippen molar-refractivity contribution in [2.45, 2.75) is 69.9 Å². The highest BCUT2D eigenvalue weighted by Crippen LogP contribution is 2.15. The van der Waals surface area contributed by atoms with E-state index in [4.69, 9.17) is 4.74 Å². The fourth-order valence-electron chi connectivity index (χ4n) is 3.54. The average Bonchev–Trinajstić information content (AvgIpc) is 2.86. The molecule has 0 bridgehead atoms. The topological polar surface area (TPSA) is 120 Å². The van der Waals surface area contributed by atoms with Crippen LogP contribution < -0.4 is 16.0 Å². The van der Waals surface area contributed by atoms with Gasteiger partial charge in [-0.25, -0.2) is 4.79 Å². The highest BCUT2D eigenvalue weighted by Gasteiger charge is 2.29. The van der Waals surface area contributed by atoms with Crippen molar-refractivity contribution in [2.75, 3.05) is 0 Å². The number of thioether (sulfide) groups is 1. The van der Waals surface area contributed by atoms with E-state index < -0.39 is 35.4 Å². The zero-order valence-corrected chi connectivity index (χ0v) is 22.6. The molecular weight excluding hydrogens is 488 g/mol. The Bertz CT molecular complexity index is 1040. The molecule has 0 aromatic heterocycles. The van der Waals surface area contributed by atoms with E-state index in [1.165, 1.54) is 11.8 Å². The lowest BCUT2D eigenvalue weighted by Crippen LogP contribution is -2.55. The summed E-state index contributed by atoms with van der Waals surface area (Å²) in [6.07, 6.45) is -0.127. The summed E-state index contributed by atoms with van der Waals surface area (Å²) >= 11 is 1.32. The highest BCUT2D eigenvalue weighted by molar-refractivity contribution is 8.00. The Labute approximate surface area is 223 Å². The lowest BCUT2D eigenvalue weighted by Gasteiger charge is -2.25. The lowest BCUT2D eigenvalue weighted by atomic mass is 10.0. The summed E-state index contributed by atoms with van der Waals surface area (Å²) in [5, 5.41) is 17.0. The Morgan fingerprint density at radius 1 is 0.838 bits per heavy atom. The summed E-state index contributed by atoms with van der Waals surface area (Å²) in [4.78, 5) is 38.9. The van der Waals surface area contributed by atoms with Crippen molar-refractivity contribution in [1.29, 1.82) is 5.26 Å². The van der Waals surface area contributed by atoms with E-state index in [-0.39, 0.29) is 24.2 Å². The predicted molar refractivity (Wildman–Crippen MR) is 145 cm³/mol. The number of alkyl carbamates (subject to hydrolysis) is 1. The van der Waals surface area contributed by atoms with Gasteiger partial charge in [0, 0.05) is 11.7 Å². The molecule has 8 nitrogen and oxygen atoms in total. The predicted octanol–water partition coefficient (Wildman–Crippen LogP) is 4.16. The van der Waals surface area contributed by atoms with Crippen LogP contribution in [0.4, 0.5) is 4.79 Å². The van der Waals surface area contributed by atoms with Crippen molar-refractivity contribution in [2.24, 2.45) is 5.92 Å². The third-order valence-corrected chi connectivity index (χ3v) is 6.28. The Kier molecular flexibility index (Phi) is 12.5. The van der Waals surface area contributed by atoms with Gasteiger partial charge < -0.3 is 20.7 Å². The number of amides is 3. The van der Waals surface area contributed by atoms with Gasteiger partial charge in [0.05, 0.1) is 6.07 Å². The molecule has 3 atom stereocenters. The molecule has 0 aliphatic carbocycles. The van der Waals surface area contributed by atoms with Gasteiger partial charge in [-0.15, -0.1) is 11.8 Å². The normalized spacial score (nSPS) is 13.2. The fraction of sp³-hybridized carbons (Fsp3) is 0.429. The maximum Gasteiger partial charge on any atom is 0.408 e. The summed E-state index contributed by atoms with van der Waals surface area (Å²) < 4.78 is 5.29. The largest absolute Gasteiger partial charge is 0.445 e. The Hall–Kier alpha value is -3.51. The van der Waals surface area contributed by atoms with Crippen LogP contribution in [0.1, 0.15) is 45.2 Å². The van der Waals surface area contributed by atoms with E-state index >= 15 is 0 Å². The Balaban J connectivity index is 2.12. The number of nitriles is 1. The zero-order valence-electron chi connectivity index (χ0n) is 21.8. The number of rotatable bonds is 13. The maximum absolute atomic E-state index is 13.3. The van der Waals surface area contributed by atoms with Crippen molar-refractivity contribution in [1.82, 2.24) is 16.0 Å². The quantitative estimate of drug-likeness (QED) is 0.339. The molecule has 3 N–H and O–H groups in total. The van der Waals surface area contributed by atoms with Crippen molar-refractivity contribution in [3.8, 4) is 6.07 Å². The SMILES string of the molecule is CC(C)C[C@H](NC(=O)OCc1ccccc1)C(=O)N[C@@H](Cc1ccccc1)C(=O)NC(C#N)SC(C)C. The second kappa shape index (κ2) is 15.6. The van der Waals surface area contributed by atoms with E-state index in [0.29, 0.717) is 6.42 Å². The molecule has 0 fully saturated rings. The number of carbonyl (C=O) groups is 3. The first-order valence-corrected chi connectivity index (χ1v) is 13.3. The molecule has 2 aromatic rings. The summed E-state index contributed by atoms with van der Waals surface area (Å²) in [5.74, 6) is -0.865. The molecule has 3 amide bonds. The molecular formula is C28H36N4O4S. The van der Waals surface area contributed by atoms with Gasteiger partial charge in [-0.1, -0.05) is 88.4 Å². The first kappa shape index (κ1) is 29.7. The lowest BCUT2D eigenvalue weighted by molar-refractivity contribution is -0.130. The van der Waals surface area contributed by atoms with E-state index in [1.54, 1.807) is 0 Å². The third-order valence-electron chi connectivity index (χ3n) is 5.24. The van der Waals surface area contributed by atoms with Crippen molar-refractivity contribution in [3.63, 3.8) is 0 Å². The molecule has 37 heavy (non-hydrogen) atoms. The summed E-state index contributed by atoms with van der Waals surface area (Å²) in [5.41, 5.74) is 1.68. The van der Waals surface area contributed by atoms with Crippen LogP contribution in [0.3, 0.4) is 0 Å². The van der Waals surface area contributed by atoms with Gasteiger partial charge in [0.2, 0.25) is 11.8 Å². The highest BCUT2D eigenvalue weighted by atomic mass is 32.2. The fourth-order valence-corrected chi connectivity index (χ4v) is 4.33. The summed E-state index contributed by atoms with van der Waals surface area (Å²) in [7, 11) is 0. The van der Waals surface area contributed by atoms with E-state index in [0.717, 1.165) is 11.1 Å². The first-order valence-electron chi connectivity index (χ1n) is 12.3. The molecule has 0 saturated carbocycles. The van der Waals surface area contributed by atoms with Crippen LogP contribution in [-0.4, -0.2) is 40.6 Å². The van der Waals surface area contributed by atoms with Crippen molar-refractivity contribution < 1.29 is 19.1 Å². The van der Waals surface area contributed by atoms with Gasteiger partial charge >= 0.3 is 6.09 Å². The molecule has 2 rings (SSSR count). The van der Waals surface area contributed by atoms with Crippen molar-refractivity contribution in [3.05, 3.63) is 71.8 Å². The molecule has 1 unspecified atom stereocenters. The second-order valence-electron chi connectivity index (χ2n) is 9.34. The minimum absolute atomic E-state index is 0.0742. The van der Waals surface area contributed by atoms with E-state index in [2.05, 4.69) is 22.0 Å². The molecule has 2 aromatic carbocycles. The van der Waals surface area contributed by atoms with Crippen LogP contribution in [0.15, 0.2) is 60.7 Å². The van der Waals surface area contributed by atoms with Crippen LogP contribution in [0.5, 0.6) is 0 Å². The molecule has 0 heterocycles. The molecule has 0 radical (unpaired) electrons. The minimum atomic E-state index is -0.935. The standard InChI is InChI=1S/C28H36N4O4S/c1-19(2)15-23(31-28(35)36-18-22-13-9-6-10-14-22)26(33)30-24(16-21-11-7-5-8-12-21)27(34)32-25(17-29)37-20(3)4/h5-14,19-20,23-25H,15-16,18H2,1-4H3,(H,30,33)(H,31,35)(H,32,34)/t23-,24-,25?/m0/s1. The van der Waals surface area contributed by atoms with Crippen LogP contribution in [0.2, 0.25) is 0 Å². The number of nitrogens with zero attached hydrogens (tertiary/aromatic N) is 1. The number of hydrogen-bond donors (Lipinski definition) is 3. The zero-order chi connectivity index (χ0) is 27.2. The van der Waals surface area contributed by atoms with Crippen LogP contribution >= 0.6 is 11.8 Å². The van der Waals surface area contributed by atoms with Gasteiger partial charge in [-0.2, -0.15) is 5.26 Å².